The number of anilines is 1. The number of ether oxygens (including phenoxy) is 1. The van der Waals surface area contributed by atoms with E-state index < -0.39 is 5.60 Å². The molecule has 25 heavy (non-hydrogen) atoms. The molecule has 2 fully saturated rings. The minimum Gasteiger partial charge on any atom is -0.449 e. The van der Waals surface area contributed by atoms with Gasteiger partial charge < -0.3 is 10.5 Å². The predicted molar refractivity (Wildman–Crippen MR) is 95.5 cm³/mol. The summed E-state index contributed by atoms with van der Waals surface area (Å²) in [6.07, 6.45) is 8.29. The molecule has 4 nitrogen and oxygen atoms in total. The van der Waals surface area contributed by atoms with Crippen molar-refractivity contribution in [2.75, 3.05) is 12.3 Å². The quantitative estimate of drug-likeness (QED) is 0.450. The van der Waals surface area contributed by atoms with E-state index in [2.05, 4.69) is 22.8 Å². The maximum absolute atomic E-state index is 12.1. The molecule has 3 atom stereocenters. The summed E-state index contributed by atoms with van der Waals surface area (Å²) in [4.78, 5) is 14.6. The lowest BCUT2D eigenvalue weighted by molar-refractivity contribution is -0.148. The summed E-state index contributed by atoms with van der Waals surface area (Å²) in [5.74, 6) is 6.29. The van der Waals surface area contributed by atoms with Gasteiger partial charge in [-0.3, -0.25) is 4.90 Å². The van der Waals surface area contributed by atoms with Crippen LogP contribution >= 0.6 is 0 Å². The Labute approximate surface area is 147 Å². The van der Waals surface area contributed by atoms with Crippen LogP contribution in [0.25, 0.3) is 0 Å². The number of nitrogen functional groups attached to an aromatic ring is 1. The molecule has 0 saturated carbocycles. The highest BCUT2D eigenvalue weighted by atomic mass is 16.6. The van der Waals surface area contributed by atoms with Crippen molar-refractivity contribution in [2.45, 2.75) is 43.4 Å². The van der Waals surface area contributed by atoms with Gasteiger partial charge in [0.15, 0.2) is 5.60 Å². The van der Waals surface area contributed by atoms with Crippen molar-refractivity contribution in [2.24, 2.45) is 0 Å². The van der Waals surface area contributed by atoms with Gasteiger partial charge in [0, 0.05) is 40.9 Å². The van der Waals surface area contributed by atoms with Gasteiger partial charge in [0.05, 0.1) is 6.04 Å². The van der Waals surface area contributed by atoms with Crippen LogP contribution in [-0.4, -0.2) is 35.1 Å². The van der Waals surface area contributed by atoms with Crippen LogP contribution in [0, 0.1) is 11.8 Å². The number of esters is 1. The number of rotatable bonds is 0. The number of piperidine rings is 1. The van der Waals surface area contributed by atoms with Gasteiger partial charge in [-0.2, -0.15) is 0 Å². The number of carbonyl (C=O) groups excluding carboxylic acids is 1. The minimum atomic E-state index is -0.470. The average molecular weight is 332 g/mol. The van der Waals surface area contributed by atoms with E-state index in [9.17, 15) is 4.79 Å². The Bertz CT molecular complexity index is 871. The minimum absolute atomic E-state index is 0.219. The molecule has 2 saturated heterocycles. The summed E-state index contributed by atoms with van der Waals surface area (Å²) in [5.41, 5.74) is 8.86. The molecular weight excluding hydrogens is 312 g/mol. The molecule has 0 amide bonds. The second-order valence-electron chi connectivity index (χ2n) is 7.34. The van der Waals surface area contributed by atoms with Crippen molar-refractivity contribution in [1.29, 1.82) is 0 Å². The van der Waals surface area contributed by atoms with Crippen molar-refractivity contribution in [3.63, 3.8) is 0 Å². The van der Waals surface area contributed by atoms with E-state index in [1.807, 2.05) is 24.3 Å². The Balaban J connectivity index is 1.56. The molecule has 5 rings (SSSR count). The number of carbonyl (C=O) groups is 1. The summed E-state index contributed by atoms with van der Waals surface area (Å²) in [7, 11) is 0. The Morgan fingerprint density at radius 2 is 2.04 bits per heavy atom. The van der Waals surface area contributed by atoms with Crippen LogP contribution in [0.4, 0.5) is 5.69 Å². The zero-order valence-electron chi connectivity index (χ0n) is 14.0. The topological polar surface area (TPSA) is 55.6 Å². The zero-order valence-corrected chi connectivity index (χ0v) is 14.0. The molecule has 126 valence electrons. The maximum Gasteiger partial charge on any atom is 0.332 e. The second-order valence-corrected chi connectivity index (χ2v) is 7.34. The van der Waals surface area contributed by atoms with E-state index >= 15 is 0 Å². The van der Waals surface area contributed by atoms with E-state index in [1.165, 1.54) is 12.8 Å². The molecule has 1 unspecified atom stereocenters. The highest BCUT2D eigenvalue weighted by Gasteiger charge is 2.61. The maximum atomic E-state index is 12.1. The third kappa shape index (κ3) is 2.16. The monoisotopic (exact) mass is 332 g/mol. The fraction of sp³-hybridized carbons (Fsp3) is 0.381. The summed E-state index contributed by atoms with van der Waals surface area (Å²) in [6.45, 7) is 1.08. The highest BCUT2D eigenvalue weighted by molar-refractivity contribution is 5.90. The first-order valence-corrected chi connectivity index (χ1v) is 8.96. The van der Waals surface area contributed by atoms with Crippen molar-refractivity contribution in [1.82, 2.24) is 4.90 Å². The first-order chi connectivity index (χ1) is 12.2. The molecule has 4 heteroatoms. The van der Waals surface area contributed by atoms with Gasteiger partial charge in [0.25, 0.3) is 0 Å². The lowest BCUT2D eigenvalue weighted by Gasteiger charge is -2.38. The van der Waals surface area contributed by atoms with E-state index in [0.717, 1.165) is 41.8 Å². The number of hydrogen-bond donors (Lipinski definition) is 1. The van der Waals surface area contributed by atoms with Gasteiger partial charge in [-0.15, -0.1) is 0 Å². The van der Waals surface area contributed by atoms with Crippen LogP contribution in [-0.2, 0) is 9.53 Å². The fourth-order valence-electron chi connectivity index (χ4n) is 4.88. The number of benzene rings is 1. The molecule has 0 radical (unpaired) electrons. The SMILES string of the molecule is Nc1ccc(C#CC2=C[C@@H]3CC4(OC(=O)C=C24)[C@H]2CCCCN32)cc1. The molecule has 1 aromatic rings. The molecule has 3 heterocycles. The summed E-state index contributed by atoms with van der Waals surface area (Å²) < 4.78 is 5.91. The Kier molecular flexibility index (Phi) is 3.10. The Morgan fingerprint density at radius 1 is 1.20 bits per heavy atom. The second kappa shape index (κ2) is 5.24. The van der Waals surface area contributed by atoms with Crippen molar-refractivity contribution in [3.8, 4) is 11.8 Å². The van der Waals surface area contributed by atoms with E-state index in [1.54, 1.807) is 6.08 Å². The highest BCUT2D eigenvalue weighted by Crippen LogP contribution is 2.53. The number of hydrogen-bond acceptors (Lipinski definition) is 4. The first kappa shape index (κ1) is 14.8. The molecule has 0 aromatic heterocycles. The molecule has 3 aliphatic heterocycles. The summed E-state index contributed by atoms with van der Waals surface area (Å²) in [6, 6.07) is 8.17. The molecule has 1 spiro atoms. The summed E-state index contributed by atoms with van der Waals surface area (Å²) >= 11 is 0. The van der Waals surface area contributed by atoms with Gasteiger partial charge in [0.2, 0.25) is 0 Å². The van der Waals surface area contributed by atoms with Crippen LogP contribution in [0.1, 0.15) is 31.2 Å². The molecule has 2 bridgehead atoms. The Morgan fingerprint density at radius 3 is 2.88 bits per heavy atom. The third-order valence-corrected chi connectivity index (χ3v) is 5.92. The largest absolute Gasteiger partial charge is 0.449 e. The van der Waals surface area contributed by atoms with Gasteiger partial charge in [-0.1, -0.05) is 24.3 Å². The smallest absolute Gasteiger partial charge is 0.332 e. The molecule has 1 aliphatic carbocycles. The standard InChI is InChI=1S/C21H20N2O2/c22-16-8-5-14(6-9-16)4-7-15-11-17-13-21(18(15)12-20(24)25-21)19-3-1-2-10-23(17)19/h5-6,8-9,11-12,17,19H,1-3,10,13,22H2/t17-,19-,21?/m1/s1. The van der Waals surface area contributed by atoms with E-state index in [4.69, 9.17) is 10.5 Å². The van der Waals surface area contributed by atoms with E-state index in [0.29, 0.717) is 12.1 Å². The number of nitrogens with zero attached hydrogens (tertiary/aromatic N) is 1. The van der Waals surface area contributed by atoms with Crippen molar-refractivity contribution >= 4 is 11.7 Å². The zero-order chi connectivity index (χ0) is 17.0. The van der Waals surface area contributed by atoms with Crippen LogP contribution in [0.3, 0.4) is 0 Å². The lowest BCUT2D eigenvalue weighted by atomic mass is 9.77. The van der Waals surface area contributed by atoms with Gasteiger partial charge in [0.1, 0.15) is 0 Å². The van der Waals surface area contributed by atoms with Crippen molar-refractivity contribution < 1.29 is 9.53 Å². The van der Waals surface area contributed by atoms with Crippen molar-refractivity contribution in [3.05, 3.63) is 53.1 Å². The van der Waals surface area contributed by atoms with E-state index in [-0.39, 0.29) is 5.97 Å². The molecule has 1 aromatic carbocycles. The van der Waals surface area contributed by atoms with Crippen LogP contribution < -0.4 is 5.73 Å². The first-order valence-electron chi connectivity index (χ1n) is 8.96. The van der Waals surface area contributed by atoms with Gasteiger partial charge in [-0.25, -0.2) is 4.79 Å². The number of nitrogens with two attached hydrogens (primary N) is 1. The molecular formula is C21H20N2O2. The van der Waals surface area contributed by atoms with Crippen LogP contribution in [0.15, 0.2) is 47.6 Å². The van der Waals surface area contributed by atoms with Crippen LogP contribution in [0.2, 0.25) is 0 Å². The average Bonchev–Trinajstić information content (AvgIpc) is 3.10. The van der Waals surface area contributed by atoms with Crippen LogP contribution in [0.5, 0.6) is 0 Å². The Hall–Kier alpha value is -2.51. The molecule has 2 N–H and O–H groups in total. The fourth-order valence-corrected chi connectivity index (χ4v) is 4.88. The molecule has 4 aliphatic rings. The predicted octanol–water partition coefficient (Wildman–Crippen LogP) is 2.41. The normalized spacial score (nSPS) is 32.7. The lowest BCUT2D eigenvalue weighted by Crippen LogP contribution is -2.48. The third-order valence-electron chi connectivity index (χ3n) is 5.92. The number of fused-ring (bicyclic) bond motifs is 3. The van der Waals surface area contributed by atoms with Gasteiger partial charge in [-0.05, 0) is 43.7 Å². The van der Waals surface area contributed by atoms with Gasteiger partial charge >= 0.3 is 5.97 Å². The summed E-state index contributed by atoms with van der Waals surface area (Å²) in [5, 5.41) is 0.